The van der Waals surface area contributed by atoms with E-state index in [0.29, 0.717) is 12.2 Å². The Morgan fingerprint density at radius 2 is 2.31 bits per heavy atom. The van der Waals surface area contributed by atoms with E-state index in [0.717, 1.165) is 10.9 Å². The maximum absolute atomic E-state index is 11.8. The van der Waals surface area contributed by atoms with Crippen LogP contribution in [0.25, 0.3) is 10.9 Å². The Hall–Kier alpha value is -1.88. The highest BCUT2D eigenvalue weighted by Crippen LogP contribution is 2.14. The molecular weight excluding hydrogens is 204 g/mol. The monoisotopic (exact) mass is 218 g/mol. The molecule has 4 N–H and O–H groups in total. The summed E-state index contributed by atoms with van der Waals surface area (Å²) in [5.74, 6) is -0.199. The summed E-state index contributed by atoms with van der Waals surface area (Å²) in [6.07, 6.45) is 0. The fraction of sp³-hybridized carbons (Fsp3) is 0.273. The first-order chi connectivity index (χ1) is 7.72. The van der Waals surface area contributed by atoms with E-state index in [1.54, 1.807) is 0 Å². The van der Waals surface area contributed by atoms with Crippen LogP contribution in [0.5, 0.6) is 0 Å². The topological polar surface area (TPSA) is 83.8 Å². The number of aromatic nitrogens is 2. The average Bonchev–Trinajstić information content (AvgIpc) is 2.72. The highest BCUT2D eigenvalue weighted by Gasteiger charge is 2.14. The van der Waals surface area contributed by atoms with Gasteiger partial charge in [-0.3, -0.25) is 9.89 Å². The van der Waals surface area contributed by atoms with E-state index < -0.39 is 0 Å². The second-order valence-electron chi connectivity index (χ2n) is 3.73. The van der Waals surface area contributed by atoms with Crippen LogP contribution in [0.2, 0.25) is 0 Å². The van der Waals surface area contributed by atoms with Crippen LogP contribution in [-0.4, -0.2) is 28.7 Å². The van der Waals surface area contributed by atoms with Crippen molar-refractivity contribution in [2.75, 3.05) is 6.54 Å². The molecule has 16 heavy (non-hydrogen) atoms. The lowest BCUT2D eigenvalue weighted by atomic mass is 10.2. The Balaban J connectivity index is 2.30. The zero-order valence-corrected chi connectivity index (χ0v) is 9.03. The quantitative estimate of drug-likeness (QED) is 0.706. The number of nitrogens with two attached hydrogens (primary N) is 1. The van der Waals surface area contributed by atoms with Crippen molar-refractivity contribution >= 4 is 16.8 Å². The molecule has 5 nitrogen and oxygen atoms in total. The van der Waals surface area contributed by atoms with Gasteiger partial charge in [-0.1, -0.05) is 18.2 Å². The molecule has 1 heterocycles. The summed E-state index contributed by atoms with van der Waals surface area (Å²) >= 11 is 0. The smallest absolute Gasteiger partial charge is 0.272 e. The number of para-hydroxylation sites is 1. The molecule has 0 spiro atoms. The summed E-state index contributed by atoms with van der Waals surface area (Å²) in [7, 11) is 0. The van der Waals surface area contributed by atoms with Crippen molar-refractivity contribution in [1.82, 2.24) is 15.5 Å². The minimum atomic E-state index is -0.199. The highest BCUT2D eigenvalue weighted by atomic mass is 16.2. The predicted octanol–water partition coefficient (Wildman–Crippen LogP) is 0.640. The standard InChI is InChI=1S/C11H14N4O/c1-7(6-12)13-11(16)10-8-4-2-3-5-9(8)14-15-10/h2-5,7H,6,12H2,1H3,(H,13,16)(H,14,15)/t7-/m1/s1. The zero-order valence-electron chi connectivity index (χ0n) is 9.03. The molecule has 1 aromatic heterocycles. The van der Waals surface area contributed by atoms with Gasteiger partial charge >= 0.3 is 0 Å². The van der Waals surface area contributed by atoms with Crippen LogP contribution in [0.15, 0.2) is 24.3 Å². The number of carbonyl (C=O) groups is 1. The van der Waals surface area contributed by atoms with E-state index in [2.05, 4.69) is 15.5 Å². The van der Waals surface area contributed by atoms with Crippen molar-refractivity contribution < 1.29 is 4.79 Å². The minimum Gasteiger partial charge on any atom is -0.347 e. The number of carbonyl (C=O) groups excluding carboxylic acids is 1. The molecule has 0 aliphatic rings. The summed E-state index contributed by atoms with van der Waals surface area (Å²) in [5.41, 5.74) is 6.71. The van der Waals surface area contributed by atoms with E-state index in [4.69, 9.17) is 5.73 Å². The molecule has 0 fully saturated rings. The van der Waals surface area contributed by atoms with Gasteiger partial charge in [-0.25, -0.2) is 0 Å². The Bertz CT molecular complexity index is 505. The zero-order chi connectivity index (χ0) is 11.5. The first kappa shape index (κ1) is 10.6. The van der Waals surface area contributed by atoms with Gasteiger partial charge in [0.05, 0.1) is 5.52 Å². The number of nitrogens with zero attached hydrogens (tertiary/aromatic N) is 1. The molecule has 2 rings (SSSR count). The number of nitrogens with one attached hydrogen (secondary N) is 2. The molecular formula is C11H14N4O. The lowest BCUT2D eigenvalue weighted by Gasteiger charge is -2.09. The Morgan fingerprint density at radius 3 is 3.06 bits per heavy atom. The molecule has 1 atom stereocenters. The molecule has 0 aliphatic heterocycles. The number of fused-ring (bicyclic) bond motifs is 1. The molecule has 0 radical (unpaired) electrons. The van der Waals surface area contributed by atoms with Gasteiger partial charge in [-0.2, -0.15) is 5.10 Å². The van der Waals surface area contributed by atoms with E-state index in [-0.39, 0.29) is 11.9 Å². The maximum atomic E-state index is 11.8. The number of aromatic amines is 1. The lowest BCUT2D eigenvalue weighted by Crippen LogP contribution is -2.38. The van der Waals surface area contributed by atoms with Crippen LogP contribution >= 0.6 is 0 Å². The average molecular weight is 218 g/mol. The van der Waals surface area contributed by atoms with Crippen molar-refractivity contribution in [3.63, 3.8) is 0 Å². The molecule has 5 heteroatoms. The molecule has 84 valence electrons. The molecule has 1 aromatic carbocycles. The normalized spacial score (nSPS) is 12.6. The number of rotatable bonds is 3. The summed E-state index contributed by atoms with van der Waals surface area (Å²) in [6.45, 7) is 2.26. The van der Waals surface area contributed by atoms with Crippen LogP contribution in [-0.2, 0) is 0 Å². The van der Waals surface area contributed by atoms with Crippen molar-refractivity contribution in [3.05, 3.63) is 30.0 Å². The molecule has 2 aromatic rings. The van der Waals surface area contributed by atoms with Crippen LogP contribution in [0.4, 0.5) is 0 Å². The van der Waals surface area contributed by atoms with Crippen LogP contribution < -0.4 is 11.1 Å². The Morgan fingerprint density at radius 1 is 1.56 bits per heavy atom. The number of hydrogen-bond donors (Lipinski definition) is 3. The molecule has 1 amide bonds. The molecule has 0 bridgehead atoms. The fourth-order valence-corrected chi connectivity index (χ4v) is 1.49. The van der Waals surface area contributed by atoms with Gasteiger partial charge in [0, 0.05) is 18.0 Å². The molecule has 0 aliphatic carbocycles. The third kappa shape index (κ3) is 1.90. The second-order valence-corrected chi connectivity index (χ2v) is 3.73. The van der Waals surface area contributed by atoms with Gasteiger partial charge in [0.15, 0.2) is 5.69 Å². The fourth-order valence-electron chi connectivity index (χ4n) is 1.49. The van der Waals surface area contributed by atoms with E-state index in [1.165, 1.54) is 0 Å². The van der Waals surface area contributed by atoms with E-state index in [9.17, 15) is 4.79 Å². The van der Waals surface area contributed by atoms with Gasteiger partial charge < -0.3 is 11.1 Å². The van der Waals surface area contributed by atoms with Crippen molar-refractivity contribution in [1.29, 1.82) is 0 Å². The third-order valence-electron chi connectivity index (χ3n) is 2.42. The van der Waals surface area contributed by atoms with Gasteiger partial charge in [0.25, 0.3) is 5.91 Å². The summed E-state index contributed by atoms with van der Waals surface area (Å²) in [4.78, 5) is 11.8. The lowest BCUT2D eigenvalue weighted by molar-refractivity contribution is 0.0938. The summed E-state index contributed by atoms with van der Waals surface area (Å²) < 4.78 is 0. The SMILES string of the molecule is C[C@H](CN)NC(=O)c1n[nH]c2ccccc12. The molecule has 0 unspecified atom stereocenters. The van der Waals surface area contributed by atoms with Crippen LogP contribution in [0, 0.1) is 0 Å². The van der Waals surface area contributed by atoms with E-state index in [1.807, 2.05) is 31.2 Å². The maximum Gasteiger partial charge on any atom is 0.272 e. The molecule has 0 saturated heterocycles. The number of benzene rings is 1. The first-order valence-corrected chi connectivity index (χ1v) is 5.16. The van der Waals surface area contributed by atoms with Gasteiger partial charge in [0.1, 0.15) is 0 Å². The van der Waals surface area contributed by atoms with E-state index >= 15 is 0 Å². The van der Waals surface area contributed by atoms with Crippen LogP contribution in [0.1, 0.15) is 17.4 Å². The number of hydrogen-bond acceptors (Lipinski definition) is 3. The summed E-state index contributed by atoms with van der Waals surface area (Å²) in [5, 5.41) is 10.4. The number of H-pyrrole nitrogens is 1. The van der Waals surface area contributed by atoms with Gasteiger partial charge in [0.2, 0.25) is 0 Å². The first-order valence-electron chi connectivity index (χ1n) is 5.16. The summed E-state index contributed by atoms with van der Waals surface area (Å²) in [6, 6.07) is 7.46. The predicted molar refractivity (Wildman–Crippen MR) is 62.1 cm³/mol. The minimum absolute atomic E-state index is 0.0528. The Labute approximate surface area is 93.0 Å². The highest BCUT2D eigenvalue weighted by molar-refractivity contribution is 6.04. The van der Waals surface area contributed by atoms with Gasteiger partial charge in [-0.05, 0) is 13.0 Å². The van der Waals surface area contributed by atoms with Gasteiger partial charge in [-0.15, -0.1) is 0 Å². The molecule has 0 saturated carbocycles. The van der Waals surface area contributed by atoms with Crippen molar-refractivity contribution in [2.45, 2.75) is 13.0 Å². The third-order valence-corrected chi connectivity index (χ3v) is 2.42. The van der Waals surface area contributed by atoms with Crippen molar-refractivity contribution in [3.8, 4) is 0 Å². The second kappa shape index (κ2) is 4.32. The Kier molecular flexibility index (Phi) is 2.87. The van der Waals surface area contributed by atoms with Crippen LogP contribution in [0.3, 0.4) is 0 Å². The number of amides is 1. The van der Waals surface area contributed by atoms with Crippen molar-refractivity contribution in [2.24, 2.45) is 5.73 Å². The largest absolute Gasteiger partial charge is 0.347 e.